The van der Waals surface area contributed by atoms with Gasteiger partial charge in [0.05, 0.1) is 24.1 Å². The van der Waals surface area contributed by atoms with Crippen LogP contribution in [0.4, 0.5) is 14.5 Å². The van der Waals surface area contributed by atoms with Gasteiger partial charge in [-0.25, -0.2) is 13.6 Å². The predicted molar refractivity (Wildman–Crippen MR) is 112 cm³/mol. The molecule has 1 aromatic carbocycles. The lowest BCUT2D eigenvalue weighted by atomic mass is 9.96. The van der Waals surface area contributed by atoms with Crippen LogP contribution in [-0.4, -0.2) is 54.6 Å². The average molecular weight is 433 g/mol. The van der Waals surface area contributed by atoms with Gasteiger partial charge in [0, 0.05) is 31.2 Å². The Morgan fingerprint density at radius 2 is 2.10 bits per heavy atom. The van der Waals surface area contributed by atoms with Gasteiger partial charge in [-0.15, -0.1) is 0 Å². The number of fused-ring (bicyclic) bond motifs is 1. The van der Waals surface area contributed by atoms with Gasteiger partial charge in [0.15, 0.2) is 11.6 Å². The second-order valence-electron chi connectivity index (χ2n) is 8.88. The van der Waals surface area contributed by atoms with E-state index in [9.17, 15) is 19.1 Å². The first-order chi connectivity index (χ1) is 14.8. The molecule has 3 aliphatic rings. The van der Waals surface area contributed by atoms with Crippen LogP contribution in [0.5, 0.6) is 5.75 Å². The zero-order valence-electron chi connectivity index (χ0n) is 17.5. The standard InChI is InChI=1S/C22H25F2N3O4/c1-25-22(4-5-22)11-3-6-26(9-11)18-15(24)7-12-17(20(18)31-2)27(16-8-14(16)23)10-13(19(12)28)21(29)30/h7,10-11,14,16,25H,3-6,8-9H2,1-2H3,(H,29,30)/t11-,14+,16-/m1/s1. The van der Waals surface area contributed by atoms with Crippen molar-refractivity contribution >= 4 is 22.6 Å². The fraction of sp³-hybridized carbons (Fsp3) is 0.545. The molecule has 166 valence electrons. The Hall–Kier alpha value is -2.68. The van der Waals surface area contributed by atoms with Crippen LogP contribution in [0.15, 0.2) is 17.1 Å². The number of carboxylic acid groups (broad SMARTS) is 1. The maximum Gasteiger partial charge on any atom is 0.341 e. The van der Waals surface area contributed by atoms with Crippen LogP contribution >= 0.6 is 0 Å². The molecule has 0 spiro atoms. The first-order valence-corrected chi connectivity index (χ1v) is 10.6. The van der Waals surface area contributed by atoms with E-state index in [4.69, 9.17) is 4.74 Å². The summed E-state index contributed by atoms with van der Waals surface area (Å²) in [6.07, 6.45) is 3.32. The van der Waals surface area contributed by atoms with E-state index in [0.717, 1.165) is 31.5 Å². The maximum atomic E-state index is 15.4. The topological polar surface area (TPSA) is 83.8 Å². The summed E-state index contributed by atoms with van der Waals surface area (Å²) in [5.41, 5.74) is -0.714. The smallest absolute Gasteiger partial charge is 0.341 e. The highest BCUT2D eigenvalue weighted by molar-refractivity contribution is 5.97. The predicted octanol–water partition coefficient (Wildman–Crippen LogP) is 2.71. The van der Waals surface area contributed by atoms with E-state index in [1.165, 1.54) is 11.7 Å². The van der Waals surface area contributed by atoms with E-state index in [0.29, 0.717) is 19.0 Å². The summed E-state index contributed by atoms with van der Waals surface area (Å²) in [6.45, 7) is 1.28. The molecule has 0 bridgehead atoms. The van der Waals surface area contributed by atoms with E-state index < -0.39 is 35.0 Å². The minimum absolute atomic E-state index is 0.100. The Morgan fingerprint density at radius 1 is 1.39 bits per heavy atom. The number of pyridine rings is 1. The third-order valence-electron chi connectivity index (χ3n) is 7.24. The van der Waals surface area contributed by atoms with Gasteiger partial charge in [-0.1, -0.05) is 0 Å². The Morgan fingerprint density at radius 3 is 2.65 bits per heavy atom. The van der Waals surface area contributed by atoms with E-state index >= 15 is 4.39 Å². The second kappa shape index (κ2) is 6.91. The largest absolute Gasteiger partial charge is 0.492 e. The third kappa shape index (κ3) is 3.01. The van der Waals surface area contributed by atoms with Crippen molar-refractivity contribution in [3.05, 3.63) is 33.9 Å². The van der Waals surface area contributed by atoms with Gasteiger partial charge in [0.1, 0.15) is 17.4 Å². The van der Waals surface area contributed by atoms with E-state index in [1.807, 2.05) is 11.9 Å². The van der Waals surface area contributed by atoms with E-state index in [2.05, 4.69) is 5.32 Å². The number of ether oxygens (including phenoxy) is 1. The lowest BCUT2D eigenvalue weighted by Gasteiger charge is -2.26. The molecule has 5 rings (SSSR count). The second-order valence-corrected chi connectivity index (χ2v) is 8.88. The minimum Gasteiger partial charge on any atom is -0.492 e. The molecule has 0 radical (unpaired) electrons. The summed E-state index contributed by atoms with van der Waals surface area (Å²) in [6, 6.07) is 0.477. The first kappa shape index (κ1) is 20.2. The molecule has 7 nitrogen and oxygen atoms in total. The summed E-state index contributed by atoms with van der Waals surface area (Å²) in [4.78, 5) is 26.3. The van der Waals surface area contributed by atoms with Crippen LogP contribution in [0.3, 0.4) is 0 Å². The van der Waals surface area contributed by atoms with Gasteiger partial charge in [-0.2, -0.15) is 0 Å². The monoisotopic (exact) mass is 433 g/mol. The number of halogens is 2. The lowest BCUT2D eigenvalue weighted by molar-refractivity contribution is 0.0694. The molecule has 2 N–H and O–H groups in total. The molecule has 9 heteroatoms. The number of nitrogens with one attached hydrogen (secondary N) is 1. The summed E-state index contributed by atoms with van der Waals surface area (Å²) >= 11 is 0. The van der Waals surface area contributed by atoms with Crippen molar-refractivity contribution in [2.45, 2.75) is 43.4 Å². The van der Waals surface area contributed by atoms with Crippen molar-refractivity contribution in [1.82, 2.24) is 9.88 Å². The Kier molecular flexibility index (Phi) is 4.51. The molecule has 3 atom stereocenters. The first-order valence-electron chi connectivity index (χ1n) is 10.6. The van der Waals surface area contributed by atoms with Crippen LogP contribution < -0.4 is 20.4 Å². The zero-order valence-corrected chi connectivity index (χ0v) is 17.5. The normalized spacial score (nSPS) is 26.3. The average Bonchev–Trinajstić information content (AvgIpc) is 3.64. The fourth-order valence-electron chi connectivity index (χ4n) is 5.20. The Bertz CT molecular complexity index is 1140. The molecule has 1 aromatic heterocycles. The number of aromatic nitrogens is 1. The summed E-state index contributed by atoms with van der Waals surface area (Å²) in [5.74, 6) is -1.55. The zero-order chi connectivity index (χ0) is 22.1. The maximum absolute atomic E-state index is 15.4. The van der Waals surface area contributed by atoms with Crippen LogP contribution in [0.2, 0.25) is 0 Å². The van der Waals surface area contributed by atoms with Crippen molar-refractivity contribution in [3.63, 3.8) is 0 Å². The van der Waals surface area contributed by atoms with Crippen molar-refractivity contribution in [1.29, 1.82) is 0 Å². The highest BCUT2D eigenvalue weighted by Gasteiger charge is 2.50. The molecule has 1 aliphatic heterocycles. The number of methoxy groups -OCH3 is 1. The fourth-order valence-corrected chi connectivity index (χ4v) is 5.20. The number of nitrogens with zero attached hydrogens (tertiary/aromatic N) is 2. The molecule has 2 heterocycles. The lowest BCUT2D eigenvalue weighted by Crippen LogP contribution is -2.37. The molecule has 0 amide bonds. The number of alkyl halides is 1. The van der Waals surface area contributed by atoms with Crippen molar-refractivity contribution in [2.24, 2.45) is 5.92 Å². The third-order valence-corrected chi connectivity index (χ3v) is 7.24. The molecule has 2 aromatic rings. The molecular weight excluding hydrogens is 408 g/mol. The molecule has 2 saturated carbocycles. The van der Waals surface area contributed by atoms with E-state index in [-0.39, 0.29) is 34.3 Å². The van der Waals surface area contributed by atoms with Crippen LogP contribution in [0.1, 0.15) is 42.1 Å². The number of hydrogen-bond donors (Lipinski definition) is 2. The number of aromatic carboxylic acids is 1. The summed E-state index contributed by atoms with van der Waals surface area (Å²) in [7, 11) is 3.34. The minimum atomic E-state index is -1.43. The number of rotatable bonds is 6. The molecule has 2 aliphatic carbocycles. The number of benzene rings is 1. The van der Waals surface area contributed by atoms with Crippen molar-refractivity contribution in [3.8, 4) is 5.75 Å². The summed E-state index contributed by atoms with van der Waals surface area (Å²) in [5, 5.41) is 12.7. The Labute approximate surface area is 177 Å². The molecule has 0 unspecified atom stereocenters. The number of carbonyl (C=O) groups is 1. The van der Waals surface area contributed by atoms with E-state index in [1.54, 1.807) is 0 Å². The van der Waals surface area contributed by atoms with Gasteiger partial charge in [0.2, 0.25) is 5.43 Å². The SMILES string of the molecule is CNC1([C@@H]2CCN(c3c(F)cc4c(=O)c(C(=O)O)cn([C@@H]5C[C@@H]5F)c4c3OC)C2)CC1. The molecular formula is C22H25F2N3O4. The number of hydrogen-bond acceptors (Lipinski definition) is 5. The van der Waals surface area contributed by atoms with Gasteiger partial charge >= 0.3 is 5.97 Å². The Balaban J connectivity index is 1.69. The molecule has 31 heavy (non-hydrogen) atoms. The quantitative estimate of drug-likeness (QED) is 0.729. The number of anilines is 1. The van der Waals surface area contributed by atoms with Gasteiger partial charge in [-0.3, -0.25) is 4.79 Å². The van der Waals surface area contributed by atoms with Crippen LogP contribution in [-0.2, 0) is 0 Å². The van der Waals surface area contributed by atoms with Crippen molar-refractivity contribution < 1.29 is 23.4 Å². The van der Waals surface area contributed by atoms with Crippen molar-refractivity contribution in [2.75, 3.05) is 32.1 Å². The molecule has 1 saturated heterocycles. The van der Waals surface area contributed by atoms with Crippen LogP contribution in [0.25, 0.3) is 10.9 Å². The van der Waals surface area contributed by atoms with Gasteiger partial charge in [-0.05, 0) is 38.3 Å². The summed E-state index contributed by atoms with van der Waals surface area (Å²) < 4.78 is 36.4. The molecule has 3 fully saturated rings. The highest BCUT2D eigenvalue weighted by atomic mass is 19.1. The van der Waals surface area contributed by atoms with Crippen LogP contribution in [0, 0.1) is 11.7 Å². The number of carboxylic acids is 1. The van der Waals surface area contributed by atoms with Gasteiger partial charge in [0.25, 0.3) is 0 Å². The highest BCUT2D eigenvalue weighted by Crippen LogP contribution is 2.49. The van der Waals surface area contributed by atoms with Gasteiger partial charge < -0.3 is 24.6 Å².